The van der Waals surface area contributed by atoms with Crippen molar-refractivity contribution in [2.75, 3.05) is 26.2 Å². The molecule has 31 heavy (non-hydrogen) atoms. The first-order chi connectivity index (χ1) is 14.8. The molecule has 3 N–H and O–H groups in total. The molecular formula is C22H21ClN4O4. The summed E-state index contributed by atoms with van der Waals surface area (Å²) in [5.41, 5.74) is 1.16. The van der Waals surface area contributed by atoms with Gasteiger partial charge in [-0.25, -0.2) is 4.98 Å². The van der Waals surface area contributed by atoms with Crippen LogP contribution in [0.2, 0.25) is 5.02 Å². The Bertz CT molecular complexity index is 1200. The second kappa shape index (κ2) is 7.25. The number of hydrogen-bond donors (Lipinski definition) is 3. The third-order valence-corrected chi connectivity index (χ3v) is 6.15. The molecule has 0 spiro atoms. The predicted octanol–water partition coefficient (Wildman–Crippen LogP) is 2.40. The van der Waals surface area contributed by atoms with E-state index in [-0.39, 0.29) is 17.6 Å². The number of phenolic OH excluding ortho intramolecular Hbond substituents is 1. The highest BCUT2D eigenvalue weighted by Crippen LogP contribution is 2.37. The lowest BCUT2D eigenvalue weighted by molar-refractivity contribution is -0.143. The predicted molar refractivity (Wildman–Crippen MR) is 115 cm³/mol. The number of piperazine rings is 1. The number of hydrogen-bond acceptors (Lipinski definition) is 5. The Morgan fingerprint density at radius 2 is 1.74 bits per heavy atom. The Morgan fingerprint density at radius 1 is 1.03 bits per heavy atom. The smallest absolute Gasteiger partial charge is 0.254 e. The first kappa shape index (κ1) is 19.8. The zero-order chi connectivity index (χ0) is 21.8. The van der Waals surface area contributed by atoms with E-state index < -0.39 is 5.60 Å². The van der Waals surface area contributed by atoms with Crippen LogP contribution in [0.15, 0.2) is 36.4 Å². The lowest BCUT2D eigenvalue weighted by Gasteiger charge is -2.35. The summed E-state index contributed by atoms with van der Waals surface area (Å²) in [6.07, 6.45) is 1.04. The lowest BCUT2D eigenvalue weighted by atomic mass is 10.1. The number of nitrogens with one attached hydrogen (secondary N) is 1. The summed E-state index contributed by atoms with van der Waals surface area (Å²) in [6.45, 7) is 1.67. The van der Waals surface area contributed by atoms with Gasteiger partial charge >= 0.3 is 0 Å². The molecule has 2 aromatic carbocycles. The minimum atomic E-state index is -1.17. The summed E-state index contributed by atoms with van der Waals surface area (Å²) in [7, 11) is 0. The lowest BCUT2D eigenvalue weighted by Crippen LogP contribution is -2.53. The number of benzene rings is 2. The second-order valence-electron chi connectivity index (χ2n) is 8.09. The quantitative estimate of drug-likeness (QED) is 0.579. The first-order valence-corrected chi connectivity index (χ1v) is 10.5. The van der Waals surface area contributed by atoms with E-state index in [0.717, 1.165) is 0 Å². The van der Waals surface area contributed by atoms with Crippen LogP contribution in [0.5, 0.6) is 5.75 Å². The van der Waals surface area contributed by atoms with Gasteiger partial charge < -0.3 is 25.0 Å². The van der Waals surface area contributed by atoms with Gasteiger partial charge in [-0.3, -0.25) is 9.59 Å². The maximum absolute atomic E-state index is 13.0. The average molecular weight is 441 g/mol. The molecule has 1 aliphatic carbocycles. The van der Waals surface area contributed by atoms with E-state index in [1.165, 1.54) is 6.07 Å². The van der Waals surface area contributed by atoms with Crippen LogP contribution in [0.4, 0.5) is 0 Å². The van der Waals surface area contributed by atoms with Crippen LogP contribution in [-0.2, 0) is 4.79 Å². The fraction of sp³-hybridized carbons (Fsp3) is 0.318. The SMILES string of the molecule is O=C(c1ccc2nc(-c3cc(Cl)ccc3O)[nH]c2c1)N1CCN(C(=O)C2(O)CC2)CC1. The number of H-pyrrole nitrogens is 1. The van der Waals surface area contributed by atoms with E-state index in [4.69, 9.17) is 11.6 Å². The van der Waals surface area contributed by atoms with Crippen molar-refractivity contribution in [3.63, 3.8) is 0 Å². The first-order valence-electron chi connectivity index (χ1n) is 10.1. The Hall–Kier alpha value is -3.10. The van der Waals surface area contributed by atoms with Crippen molar-refractivity contribution in [3.05, 3.63) is 47.0 Å². The third-order valence-electron chi connectivity index (χ3n) is 5.92. The van der Waals surface area contributed by atoms with Gasteiger partial charge in [-0.05, 0) is 49.2 Å². The molecule has 8 nitrogen and oxygen atoms in total. The number of carbonyl (C=O) groups is 2. The molecule has 3 aromatic rings. The van der Waals surface area contributed by atoms with Crippen LogP contribution in [0.3, 0.4) is 0 Å². The van der Waals surface area contributed by atoms with Gasteiger partial charge in [0.2, 0.25) is 0 Å². The van der Waals surface area contributed by atoms with Gasteiger partial charge in [0, 0.05) is 36.8 Å². The normalized spacial score (nSPS) is 17.7. The molecular weight excluding hydrogens is 420 g/mol. The molecule has 9 heteroatoms. The monoisotopic (exact) mass is 440 g/mol. The molecule has 0 unspecified atom stereocenters. The molecule has 1 saturated heterocycles. The highest BCUT2D eigenvalue weighted by molar-refractivity contribution is 6.30. The van der Waals surface area contributed by atoms with Crippen molar-refractivity contribution in [1.82, 2.24) is 19.8 Å². The number of nitrogens with zero attached hydrogens (tertiary/aromatic N) is 3. The van der Waals surface area contributed by atoms with Crippen molar-refractivity contribution < 1.29 is 19.8 Å². The van der Waals surface area contributed by atoms with Crippen molar-refractivity contribution >= 4 is 34.4 Å². The molecule has 1 saturated carbocycles. The van der Waals surface area contributed by atoms with E-state index in [0.29, 0.717) is 72.0 Å². The average Bonchev–Trinajstić information content (AvgIpc) is 3.39. The van der Waals surface area contributed by atoms with Crippen molar-refractivity contribution in [2.45, 2.75) is 18.4 Å². The number of aromatic amines is 1. The van der Waals surface area contributed by atoms with E-state index >= 15 is 0 Å². The summed E-state index contributed by atoms with van der Waals surface area (Å²) < 4.78 is 0. The Kier molecular flexibility index (Phi) is 4.64. The number of aromatic nitrogens is 2. The summed E-state index contributed by atoms with van der Waals surface area (Å²) >= 11 is 6.04. The van der Waals surface area contributed by atoms with Gasteiger partial charge in [-0.1, -0.05) is 11.6 Å². The minimum Gasteiger partial charge on any atom is -0.507 e. The van der Waals surface area contributed by atoms with Crippen LogP contribution in [0.25, 0.3) is 22.4 Å². The van der Waals surface area contributed by atoms with Crippen molar-refractivity contribution in [3.8, 4) is 17.1 Å². The largest absolute Gasteiger partial charge is 0.507 e. The molecule has 0 radical (unpaired) electrons. The minimum absolute atomic E-state index is 0.0584. The van der Waals surface area contributed by atoms with Crippen LogP contribution in [0.1, 0.15) is 23.2 Å². The Morgan fingerprint density at radius 3 is 2.45 bits per heavy atom. The van der Waals surface area contributed by atoms with Crippen molar-refractivity contribution in [1.29, 1.82) is 0 Å². The number of amides is 2. The van der Waals surface area contributed by atoms with Gasteiger partial charge in [0.1, 0.15) is 17.2 Å². The summed E-state index contributed by atoms with van der Waals surface area (Å²) in [4.78, 5) is 36.2. The highest BCUT2D eigenvalue weighted by atomic mass is 35.5. The zero-order valence-electron chi connectivity index (χ0n) is 16.6. The van der Waals surface area contributed by atoms with Crippen LogP contribution < -0.4 is 0 Å². The van der Waals surface area contributed by atoms with Crippen molar-refractivity contribution in [2.24, 2.45) is 0 Å². The molecule has 1 aromatic heterocycles. The molecule has 0 bridgehead atoms. The standard InChI is InChI=1S/C22H21ClN4O4/c23-14-2-4-18(28)15(12-14)19-24-16-3-1-13(11-17(16)25-19)20(29)26-7-9-27(10-8-26)21(30)22(31)5-6-22/h1-4,11-12,28,31H,5-10H2,(H,24,25). The van der Waals surface area contributed by atoms with Gasteiger partial charge in [-0.15, -0.1) is 0 Å². The zero-order valence-corrected chi connectivity index (χ0v) is 17.4. The van der Waals surface area contributed by atoms with Gasteiger partial charge in [0.25, 0.3) is 11.8 Å². The number of halogens is 1. The number of phenols is 1. The number of aliphatic hydroxyl groups is 1. The van der Waals surface area contributed by atoms with E-state index in [1.807, 2.05) is 0 Å². The molecule has 1 aliphatic heterocycles. The van der Waals surface area contributed by atoms with Crippen LogP contribution in [-0.4, -0.2) is 73.6 Å². The molecule has 160 valence electrons. The second-order valence-corrected chi connectivity index (χ2v) is 8.53. The van der Waals surface area contributed by atoms with E-state index in [1.54, 1.807) is 40.1 Å². The van der Waals surface area contributed by atoms with Crippen LogP contribution >= 0.6 is 11.6 Å². The molecule has 0 atom stereocenters. The van der Waals surface area contributed by atoms with E-state index in [2.05, 4.69) is 9.97 Å². The molecule has 2 heterocycles. The third kappa shape index (κ3) is 3.62. The fourth-order valence-electron chi connectivity index (χ4n) is 3.89. The number of carbonyl (C=O) groups excluding carboxylic acids is 2. The van der Waals surface area contributed by atoms with Gasteiger partial charge in [0.15, 0.2) is 0 Å². The Labute approximate surface area is 183 Å². The maximum Gasteiger partial charge on any atom is 0.254 e. The number of imidazole rings is 1. The summed E-state index contributed by atoms with van der Waals surface area (Å²) in [5.74, 6) is 0.170. The molecule has 2 aliphatic rings. The Balaban J connectivity index is 1.33. The molecule has 5 rings (SSSR count). The number of fused-ring (bicyclic) bond motifs is 1. The maximum atomic E-state index is 13.0. The van der Waals surface area contributed by atoms with Crippen LogP contribution in [0, 0.1) is 0 Å². The number of aromatic hydroxyl groups is 1. The number of rotatable bonds is 3. The molecule has 2 fully saturated rings. The van der Waals surface area contributed by atoms with Gasteiger partial charge in [0.05, 0.1) is 16.6 Å². The highest BCUT2D eigenvalue weighted by Gasteiger charge is 2.50. The van der Waals surface area contributed by atoms with Gasteiger partial charge in [-0.2, -0.15) is 0 Å². The summed E-state index contributed by atoms with van der Waals surface area (Å²) in [5, 5.41) is 20.6. The summed E-state index contributed by atoms with van der Waals surface area (Å²) in [6, 6.07) is 9.94. The topological polar surface area (TPSA) is 110 Å². The fourth-order valence-corrected chi connectivity index (χ4v) is 4.06. The van der Waals surface area contributed by atoms with E-state index in [9.17, 15) is 19.8 Å². The molecule has 2 amide bonds.